The van der Waals surface area contributed by atoms with E-state index in [1.807, 2.05) is 30.0 Å². The van der Waals surface area contributed by atoms with Gasteiger partial charge >= 0.3 is 0 Å². The van der Waals surface area contributed by atoms with E-state index in [-0.39, 0.29) is 5.84 Å². The summed E-state index contributed by atoms with van der Waals surface area (Å²) in [7, 11) is 0. The molecule has 1 heterocycles. The van der Waals surface area contributed by atoms with E-state index in [0.717, 1.165) is 36.1 Å². The Morgan fingerprint density at radius 1 is 1.41 bits per heavy atom. The van der Waals surface area contributed by atoms with E-state index in [4.69, 9.17) is 15.9 Å². The van der Waals surface area contributed by atoms with Crippen molar-refractivity contribution < 1.29 is 4.74 Å². The first-order chi connectivity index (χ1) is 8.16. The highest BCUT2D eigenvalue weighted by atomic mass is 79.9. The van der Waals surface area contributed by atoms with E-state index >= 15 is 0 Å². The van der Waals surface area contributed by atoms with Crippen molar-refractivity contribution in [1.29, 1.82) is 5.41 Å². The fraction of sp³-hybridized carbons (Fsp3) is 0.417. The molecule has 1 fully saturated rings. The van der Waals surface area contributed by atoms with Gasteiger partial charge in [-0.05, 0) is 47.0 Å². The second-order valence-electron chi connectivity index (χ2n) is 3.98. The molecule has 3 nitrogen and oxygen atoms in total. The van der Waals surface area contributed by atoms with E-state index in [1.54, 1.807) is 0 Å². The molecular formula is C12H15BrN2OS. The smallest absolute Gasteiger partial charge is 0.123 e. The minimum atomic E-state index is 0.0968. The summed E-state index contributed by atoms with van der Waals surface area (Å²) >= 11 is 5.33. The maximum Gasteiger partial charge on any atom is 0.123 e. The summed E-state index contributed by atoms with van der Waals surface area (Å²) in [4.78, 5) is 1.22. The number of amidine groups is 1. The fourth-order valence-corrected chi connectivity index (χ4v) is 3.66. The zero-order valence-electron chi connectivity index (χ0n) is 9.41. The number of hydrogen-bond donors (Lipinski definition) is 2. The molecule has 17 heavy (non-hydrogen) atoms. The van der Waals surface area contributed by atoms with Crippen molar-refractivity contribution in [2.45, 2.75) is 23.0 Å². The fourth-order valence-electron chi connectivity index (χ4n) is 1.77. The maximum atomic E-state index is 7.42. The molecule has 1 aromatic carbocycles. The minimum Gasteiger partial charge on any atom is -0.384 e. The normalized spacial score (nSPS) is 17.0. The van der Waals surface area contributed by atoms with Gasteiger partial charge in [-0.25, -0.2) is 0 Å². The third-order valence-corrected chi connectivity index (χ3v) is 4.69. The molecule has 5 heteroatoms. The Balaban J connectivity index is 2.06. The zero-order valence-corrected chi connectivity index (χ0v) is 11.8. The van der Waals surface area contributed by atoms with Crippen molar-refractivity contribution in [3.63, 3.8) is 0 Å². The molecule has 0 bridgehead atoms. The lowest BCUT2D eigenvalue weighted by molar-refractivity contribution is 0.100. The van der Waals surface area contributed by atoms with E-state index in [1.165, 1.54) is 4.90 Å². The van der Waals surface area contributed by atoms with Crippen LogP contribution in [0, 0.1) is 5.41 Å². The molecule has 0 aliphatic carbocycles. The Bertz CT molecular complexity index is 419. The van der Waals surface area contributed by atoms with Gasteiger partial charge in [0.2, 0.25) is 0 Å². The maximum absolute atomic E-state index is 7.42. The molecule has 3 N–H and O–H groups in total. The monoisotopic (exact) mass is 314 g/mol. The molecule has 0 aromatic heterocycles. The van der Waals surface area contributed by atoms with Crippen LogP contribution in [0.25, 0.3) is 0 Å². The van der Waals surface area contributed by atoms with Crippen molar-refractivity contribution in [3.05, 3.63) is 28.2 Å². The highest BCUT2D eigenvalue weighted by Crippen LogP contribution is 2.32. The first-order valence-electron chi connectivity index (χ1n) is 5.55. The van der Waals surface area contributed by atoms with Gasteiger partial charge < -0.3 is 10.5 Å². The predicted octanol–water partition coefficient (Wildman–Crippen LogP) is 3.00. The third-order valence-electron chi connectivity index (χ3n) is 2.70. The molecule has 0 amide bonds. The van der Waals surface area contributed by atoms with Crippen molar-refractivity contribution in [3.8, 4) is 0 Å². The van der Waals surface area contributed by atoms with Crippen LogP contribution in [0.4, 0.5) is 0 Å². The molecule has 2 rings (SSSR count). The van der Waals surface area contributed by atoms with Crippen LogP contribution < -0.4 is 5.73 Å². The molecule has 0 spiro atoms. The van der Waals surface area contributed by atoms with Gasteiger partial charge in [0, 0.05) is 33.4 Å². The summed E-state index contributed by atoms with van der Waals surface area (Å²) < 4.78 is 6.24. The van der Waals surface area contributed by atoms with Crippen molar-refractivity contribution in [2.75, 3.05) is 13.2 Å². The van der Waals surface area contributed by atoms with Crippen LogP contribution in [-0.2, 0) is 4.74 Å². The number of hydrogen-bond acceptors (Lipinski definition) is 3. The molecule has 0 radical (unpaired) electrons. The van der Waals surface area contributed by atoms with Crippen LogP contribution in [0.15, 0.2) is 27.6 Å². The number of halogens is 1. The minimum absolute atomic E-state index is 0.0968. The van der Waals surface area contributed by atoms with Crippen LogP contribution in [0.1, 0.15) is 18.4 Å². The van der Waals surface area contributed by atoms with Gasteiger partial charge in [-0.2, -0.15) is 0 Å². The average Bonchev–Trinajstić information content (AvgIpc) is 2.30. The second kappa shape index (κ2) is 5.89. The summed E-state index contributed by atoms with van der Waals surface area (Å²) in [6.07, 6.45) is 2.22. The summed E-state index contributed by atoms with van der Waals surface area (Å²) in [6.45, 7) is 1.73. The van der Waals surface area contributed by atoms with Crippen LogP contribution >= 0.6 is 27.7 Å². The van der Waals surface area contributed by atoms with Crippen LogP contribution in [0.2, 0.25) is 0 Å². The third kappa shape index (κ3) is 3.47. The van der Waals surface area contributed by atoms with Crippen molar-refractivity contribution in [2.24, 2.45) is 5.73 Å². The van der Waals surface area contributed by atoms with Crippen molar-refractivity contribution >= 4 is 33.5 Å². The molecule has 0 saturated carbocycles. The molecule has 0 unspecified atom stereocenters. The number of nitrogens with one attached hydrogen (secondary N) is 1. The highest BCUT2D eigenvalue weighted by Gasteiger charge is 2.15. The van der Waals surface area contributed by atoms with Crippen molar-refractivity contribution in [1.82, 2.24) is 0 Å². The summed E-state index contributed by atoms with van der Waals surface area (Å²) in [5, 5.41) is 8.06. The van der Waals surface area contributed by atoms with E-state index in [2.05, 4.69) is 15.9 Å². The second-order valence-corrected chi connectivity index (χ2v) is 6.21. The molecule has 1 aliphatic rings. The first-order valence-corrected chi connectivity index (χ1v) is 7.22. The van der Waals surface area contributed by atoms with Gasteiger partial charge in [0.25, 0.3) is 0 Å². The number of rotatable bonds is 3. The molecular weight excluding hydrogens is 300 g/mol. The van der Waals surface area contributed by atoms with E-state index < -0.39 is 0 Å². The lowest BCUT2D eigenvalue weighted by Gasteiger charge is -2.21. The Kier molecular flexibility index (Phi) is 4.48. The van der Waals surface area contributed by atoms with Crippen LogP contribution in [0.3, 0.4) is 0 Å². The Labute approximate surface area is 114 Å². The van der Waals surface area contributed by atoms with Gasteiger partial charge in [0.15, 0.2) is 0 Å². The van der Waals surface area contributed by atoms with Crippen LogP contribution in [-0.4, -0.2) is 24.3 Å². The number of thioether (sulfide) groups is 1. The molecule has 92 valence electrons. The van der Waals surface area contributed by atoms with Gasteiger partial charge in [-0.3, -0.25) is 5.41 Å². The molecule has 0 atom stereocenters. The highest BCUT2D eigenvalue weighted by molar-refractivity contribution is 9.10. The zero-order chi connectivity index (χ0) is 12.3. The topological polar surface area (TPSA) is 59.1 Å². The molecule has 1 aliphatic heterocycles. The summed E-state index contributed by atoms with van der Waals surface area (Å²) in [6, 6.07) is 5.96. The standard InChI is InChI=1S/C12H15BrN2OS/c13-11-7-9(1-2-10(11)12(14)15)17-8-3-5-16-6-4-8/h1-2,7-8H,3-6H2,(H3,14,15). The van der Waals surface area contributed by atoms with Gasteiger partial charge in [0.1, 0.15) is 5.84 Å². The largest absolute Gasteiger partial charge is 0.384 e. The average molecular weight is 315 g/mol. The Morgan fingerprint density at radius 2 is 2.12 bits per heavy atom. The van der Waals surface area contributed by atoms with E-state index in [9.17, 15) is 0 Å². The predicted molar refractivity (Wildman–Crippen MR) is 74.9 cm³/mol. The van der Waals surface area contributed by atoms with E-state index in [0.29, 0.717) is 5.25 Å². The Morgan fingerprint density at radius 3 is 2.71 bits per heavy atom. The van der Waals surface area contributed by atoms with Gasteiger partial charge in [-0.1, -0.05) is 0 Å². The SMILES string of the molecule is N=C(N)c1ccc(SC2CCOCC2)cc1Br. The number of nitrogen functional groups attached to an aromatic ring is 1. The first kappa shape index (κ1) is 12.9. The number of benzene rings is 1. The Hall–Kier alpha value is -0.520. The number of ether oxygens (including phenoxy) is 1. The lowest BCUT2D eigenvalue weighted by Crippen LogP contribution is -2.17. The summed E-state index contributed by atoms with van der Waals surface area (Å²) in [5.74, 6) is 0.0968. The molecule has 1 aromatic rings. The van der Waals surface area contributed by atoms with Crippen LogP contribution in [0.5, 0.6) is 0 Å². The van der Waals surface area contributed by atoms with Gasteiger partial charge in [-0.15, -0.1) is 11.8 Å². The quantitative estimate of drug-likeness (QED) is 0.666. The number of nitrogens with two attached hydrogens (primary N) is 1. The van der Waals surface area contributed by atoms with Gasteiger partial charge in [0.05, 0.1) is 0 Å². The lowest BCUT2D eigenvalue weighted by atomic mass is 10.2. The molecule has 1 saturated heterocycles. The summed E-state index contributed by atoms with van der Waals surface area (Å²) in [5.41, 5.74) is 6.23.